The lowest BCUT2D eigenvalue weighted by Crippen LogP contribution is -2.60. The average molecular weight is 1050 g/mol. The molecule has 0 saturated carbocycles. The van der Waals surface area contributed by atoms with Gasteiger partial charge in [0.2, 0.25) is 5.91 Å². The molecule has 6 N–H and O–H groups in total. The van der Waals surface area contributed by atoms with Gasteiger partial charge in [-0.15, -0.1) is 0 Å². The van der Waals surface area contributed by atoms with E-state index >= 15 is 0 Å². The highest BCUT2D eigenvalue weighted by molar-refractivity contribution is 5.76. The summed E-state index contributed by atoms with van der Waals surface area (Å²) in [4.78, 5) is 13.1. The van der Waals surface area contributed by atoms with Crippen LogP contribution in [-0.4, -0.2) is 87.5 Å². The Hall–Kier alpha value is -3.15. The lowest BCUT2D eigenvalue weighted by Gasteiger charge is -2.40. The normalized spacial score (nSPS) is 19.7. The Morgan fingerprint density at radius 2 is 0.840 bits per heavy atom. The number of hydrogen-bond donors (Lipinski definition) is 6. The predicted molar refractivity (Wildman–Crippen MR) is 317 cm³/mol. The van der Waals surface area contributed by atoms with Crippen LogP contribution in [0.4, 0.5) is 0 Å². The Morgan fingerprint density at radius 1 is 0.467 bits per heavy atom. The summed E-state index contributed by atoms with van der Waals surface area (Å²) in [6, 6.07) is -0.831. The number of carbonyl (C=O) groups is 1. The van der Waals surface area contributed by atoms with Gasteiger partial charge in [-0.3, -0.25) is 4.79 Å². The van der Waals surface area contributed by atoms with Gasteiger partial charge in [0.05, 0.1) is 25.4 Å². The van der Waals surface area contributed by atoms with Gasteiger partial charge in [0, 0.05) is 6.42 Å². The van der Waals surface area contributed by atoms with Crippen molar-refractivity contribution in [1.29, 1.82) is 0 Å². The maximum absolute atomic E-state index is 13.1. The van der Waals surface area contributed by atoms with Gasteiger partial charge in [-0.25, -0.2) is 0 Å². The molecule has 1 aliphatic rings. The van der Waals surface area contributed by atoms with Crippen molar-refractivity contribution in [3.63, 3.8) is 0 Å². The number of rotatable bonds is 51. The molecular formula is C66H113NO8. The third-order valence-corrected chi connectivity index (χ3v) is 13.8. The van der Waals surface area contributed by atoms with Crippen molar-refractivity contribution in [2.75, 3.05) is 13.2 Å². The molecule has 0 spiro atoms. The molecule has 1 aliphatic heterocycles. The highest BCUT2D eigenvalue weighted by Gasteiger charge is 2.44. The molecule has 1 fully saturated rings. The van der Waals surface area contributed by atoms with Crippen LogP contribution in [-0.2, 0) is 14.3 Å². The van der Waals surface area contributed by atoms with E-state index in [0.717, 1.165) is 96.3 Å². The molecule has 0 aromatic rings. The molecule has 75 heavy (non-hydrogen) atoms. The minimum Gasteiger partial charge on any atom is -0.394 e. The lowest BCUT2D eigenvalue weighted by atomic mass is 9.99. The molecule has 9 nitrogen and oxygen atoms in total. The second-order valence-electron chi connectivity index (χ2n) is 20.8. The molecule has 1 amide bonds. The highest BCUT2D eigenvalue weighted by Crippen LogP contribution is 2.23. The van der Waals surface area contributed by atoms with Crippen LogP contribution in [0.5, 0.6) is 0 Å². The largest absolute Gasteiger partial charge is 0.394 e. The van der Waals surface area contributed by atoms with Crippen LogP contribution in [0.1, 0.15) is 245 Å². The summed E-state index contributed by atoms with van der Waals surface area (Å²) in [6.07, 6.45) is 73.0. The van der Waals surface area contributed by atoms with E-state index in [9.17, 15) is 30.3 Å². The molecule has 430 valence electrons. The number of nitrogens with one attached hydrogen (secondary N) is 1. The molecule has 0 aromatic heterocycles. The van der Waals surface area contributed by atoms with Crippen molar-refractivity contribution in [3.8, 4) is 0 Å². The van der Waals surface area contributed by atoms with E-state index in [2.05, 4.69) is 116 Å². The Balaban J connectivity index is 2.21. The smallest absolute Gasteiger partial charge is 0.220 e. The Labute approximate surface area is 459 Å². The summed E-state index contributed by atoms with van der Waals surface area (Å²) in [5, 5.41) is 54.5. The second-order valence-corrected chi connectivity index (χ2v) is 20.8. The zero-order valence-electron chi connectivity index (χ0n) is 47.8. The molecule has 1 saturated heterocycles. The van der Waals surface area contributed by atoms with E-state index in [4.69, 9.17) is 9.47 Å². The van der Waals surface area contributed by atoms with Gasteiger partial charge < -0.3 is 40.3 Å². The molecule has 0 aliphatic carbocycles. The summed E-state index contributed by atoms with van der Waals surface area (Å²) in [6.45, 7) is 3.65. The van der Waals surface area contributed by atoms with Crippen LogP contribution in [0.3, 0.4) is 0 Å². The van der Waals surface area contributed by atoms with Crippen molar-refractivity contribution < 1.29 is 39.8 Å². The molecule has 0 aromatic carbocycles. The summed E-state index contributed by atoms with van der Waals surface area (Å²) in [5.74, 6) is -0.193. The summed E-state index contributed by atoms with van der Waals surface area (Å²) in [7, 11) is 0. The zero-order valence-corrected chi connectivity index (χ0v) is 47.8. The van der Waals surface area contributed by atoms with Crippen molar-refractivity contribution in [1.82, 2.24) is 5.32 Å². The Morgan fingerprint density at radius 3 is 1.28 bits per heavy atom. The summed E-state index contributed by atoms with van der Waals surface area (Å²) in [5.41, 5.74) is 0. The molecule has 7 atom stereocenters. The van der Waals surface area contributed by atoms with E-state index in [-0.39, 0.29) is 12.5 Å². The maximum atomic E-state index is 13.1. The van der Waals surface area contributed by atoms with Gasteiger partial charge in [-0.1, -0.05) is 258 Å². The number of allylic oxidation sites excluding steroid dienone is 17. The van der Waals surface area contributed by atoms with E-state index in [1.165, 1.54) is 128 Å². The maximum Gasteiger partial charge on any atom is 0.220 e. The van der Waals surface area contributed by atoms with Crippen LogP contribution < -0.4 is 5.32 Å². The van der Waals surface area contributed by atoms with Crippen molar-refractivity contribution in [3.05, 3.63) is 109 Å². The van der Waals surface area contributed by atoms with E-state index in [1.807, 2.05) is 6.08 Å². The molecule has 1 rings (SSSR count). The fourth-order valence-electron chi connectivity index (χ4n) is 9.04. The van der Waals surface area contributed by atoms with Crippen LogP contribution in [0.2, 0.25) is 0 Å². The number of carbonyl (C=O) groups excluding carboxylic acids is 1. The van der Waals surface area contributed by atoms with E-state index < -0.39 is 49.5 Å². The summed E-state index contributed by atoms with van der Waals surface area (Å²) < 4.78 is 11.3. The minimum absolute atomic E-state index is 0.193. The van der Waals surface area contributed by atoms with Crippen molar-refractivity contribution in [2.24, 2.45) is 0 Å². The van der Waals surface area contributed by atoms with Crippen molar-refractivity contribution >= 4 is 5.91 Å². The van der Waals surface area contributed by atoms with Crippen LogP contribution in [0.25, 0.3) is 0 Å². The number of hydrogen-bond acceptors (Lipinski definition) is 8. The second kappa shape index (κ2) is 54.2. The fourth-order valence-corrected chi connectivity index (χ4v) is 9.04. The SMILES string of the molecule is CC/C=C\C/C=C\C/C=C\C/C=C\C/C=C\C/C=C\C/C=C\CCCCCCCCCCCCCC(=O)NC(COC1OC(CO)C(O)C(O)C1O)C(O)/C=C/CC/C=C/CCCCCCCCCCCCCCC. The number of aliphatic hydroxyl groups excluding tert-OH is 5. The Kier molecular flexibility index (Phi) is 50.5. The van der Waals surface area contributed by atoms with Crippen LogP contribution >= 0.6 is 0 Å². The fraction of sp³-hybridized carbons (Fsp3) is 0.712. The third kappa shape index (κ3) is 43.5. The zero-order chi connectivity index (χ0) is 54.3. The van der Waals surface area contributed by atoms with Gasteiger partial charge in [0.25, 0.3) is 0 Å². The molecular weight excluding hydrogens is 935 g/mol. The van der Waals surface area contributed by atoms with Gasteiger partial charge in [0.15, 0.2) is 6.29 Å². The first-order valence-electron chi connectivity index (χ1n) is 30.6. The third-order valence-electron chi connectivity index (χ3n) is 13.8. The van der Waals surface area contributed by atoms with Gasteiger partial charge in [-0.05, 0) is 89.9 Å². The van der Waals surface area contributed by atoms with Gasteiger partial charge in [-0.2, -0.15) is 0 Å². The van der Waals surface area contributed by atoms with Crippen LogP contribution in [0.15, 0.2) is 109 Å². The molecule has 1 heterocycles. The topological polar surface area (TPSA) is 149 Å². The van der Waals surface area contributed by atoms with Crippen LogP contribution in [0, 0.1) is 0 Å². The Bertz CT molecular complexity index is 1540. The standard InChI is InChI=1S/C66H113NO8/c1-3-5-7-9-11-13-15-17-19-21-23-24-25-26-27-28-29-30-31-32-33-34-35-36-38-40-42-44-46-48-50-52-54-56-62(70)67-59(58-74-66-65(73)64(72)63(71)61(57-68)75-66)60(69)55-53-51-49-47-45-43-41-39-37-22-20-18-16-14-12-10-8-6-4-2/h5,7,11,13,17,19,23-24,26-27,29-30,32-33,45,47,53,55,59-61,63-66,68-69,71-73H,3-4,6,8-10,12,14-16,18,20-22,25,28,31,34-44,46,48-52,54,56-58H2,1-2H3,(H,67,70)/b7-5-,13-11-,19-17-,24-23-,27-26-,30-29-,33-32-,47-45+,55-53+. The number of aliphatic hydroxyl groups is 5. The van der Waals surface area contributed by atoms with E-state index in [1.54, 1.807) is 6.08 Å². The number of ether oxygens (including phenoxy) is 2. The van der Waals surface area contributed by atoms with Gasteiger partial charge in [0.1, 0.15) is 24.4 Å². The monoisotopic (exact) mass is 1050 g/mol. The average Bonchev–Trinajstić information content (AvgIpc) is 3.41. The number of unbranched alkanes of at least 4 members (excludes halogenated alkanes) is 25. The minimum atomic E-state index is -1.58. The lowest BCUT2D eigenvalue weighted by molar-refractivity contribution is -0.302. The first-order chi connectivity index (χ1) is 36.8. The molecule has 9 heteroatoms. The first kappa shape index (κ1) is 69.9. The molecule has 0 radical (unpaired) electrons. The van der Waals surface area contributed by atoms with Crippen molar-refractivity contribution in [2.45, 2.75) is 288 Å². The predicted octanol–water partition coefficient (Wildman–Crippen LogP) is 15.7. The molecule has 0 bridgehead atoms. The summed E-state index contributed by atoms with van der Waals surface area (Å²) >= 11 is 0. The van der Waals surface area contributed by atoms with E-state index in [0.29, 0.717) is 6.42 Å². The quantitative estimate of drug-likeness (QED) is 0.0261. The number of amides is 1. The first-order valence-corrected chi connectivity index (χ1v) is 30.6. The highest BCUT2D eigenvalue weighted by atomic mass is 16.7. The molecule has 7 unspecified atom stereocenters. The van der Waals surface area contributed by atoms with Gasteiger partial charge >= 0.3 is 0 Å².